The highest BCUT2D eigenvalue weighted by molar-refractivity contribution is 14.0. The van der Waals surface area contributed by atoms with E-state index in [0.29, 0.717) is 6.04 Å². The molecule has 0 radical (unpaired) electrons. The van der Waals surface area contributed by atoms with Gasteiger partial charge in [-0.15, -0.1) is 34.2 Å². The molecule has 0 bridgehead atoms. The third kappa shape index (κ3) is 9.09. The molecular weight excluding hydrogens is 533 g/mol. The van der Waals surface area contributed by atoms with Gasteiger partial charge in [0.15, 0.2) is 5.96 Å². The van der Waals surface area contributed by atoms with Crippen molar-refractivity contribution in [3.63, 3.8) is 0 Å². The van der Waals surface area contributed by atoms with Crippen LogP contribution in [0, 0.1) is 0 Å². The van der Waals surface area contributed by atoms with Crippen molar-refractivity contribution >= 4 is 29.9 Å². The Morgan fingerprint density at radius 1 is 1.18 bits per heavy atom. The Kier molecular flexibility index (Phi) is 12.5. The summed E-state index contributed by atoms with van der Waals surface area (Å²) in [5, 5.41) is 15.1. The van der Waals surface area contributed by atoms with Gasteiger partial charge in [-0.1, -0.05) is 19.1 Å². The maximum absolute atomic E-state index is 5.47. The molecule has 1 fully saturated rings. The molecule has 1 aliphatic rings. The fourth-order valence-electron chi connectivity index (χ4n) is 3.68. The Labute approximate surface area is 214 Å². The lowest BCUT2D eigenvalue weighted by molar-refractivity contribution is 0.0220. The van der Waals surface area contributed by atoms with E-state index in [2.05, 4.69) is 56.3 Å². The van der Waals surface area contributed by atoms with Crippen molar-refractivity contribution < 1.29 is 9.47 Å². The Morgan fingerprint density at radius 3 is 2.61 bits per heavy atom. The number of nitrogens with one attached hydrogen (secondary N) is 2. The first-order valence-electron chi connectivity index (χ1n) is 11.5. The molecule has 1 aromatic carbocycles. The van der Waals surface area contributed by atoms with Gasteiger partial charge in [-0.3, -0.25) is 9.89 Å². The number of rotatable bonds is 11. The normalized spacial score (nSPS) is 15.5. The highest BCUT2D eigenvalue weighted by atomic mass is 127. The summed E-state index contributed by atoms with van der Waals surface area (Å²) in [5.41, 5.74) is 1.26. The van der Waals surface area contributed by atoms with Crippen LogP contribution in [0.25, 0.3) is 0 Å². The van der Waals surface area contributed by atoms with E-state index >= 15 is 0 Å². The fourth-order valence-corrected chi connectivity index (χ4v) is 3.68. The summed E-state index contributed by atoms with van der Waals surface area (Å²) in [5.74, 6) is 2.71. The van der Waals surface area contributed by atoms with Crippen LogP contribution in [-0.2, 0) is 24.1 Å². The molecular formula is C23H38IN7O2. The largest absolute Gasteiger partial charge is 0.497 e. The SMILES string of the molecule is CCc1nncn1CCNC(=NCC(C)N1CCOCC1)NCCc1ccc(OC)cc1.I. The number of aromatic nitrogens is 3. The van der Waals surface area contributed by atoms with Gasteiger partial charge >= 0.3 is 0 Å². The average Bonchev–Trinajstić information content (AvgIpc) is 3.30. The Balaban J connectivity index is 0.00000385. The van der Waals surface area contributed by atoms with Crippen molar-refractivity contribution in [3.8, 4) is 5.75 Å². The number of methoxy groups -OCH3 is 1. The van der Waals surface area contributed by atoms with Gasteiger partial charge in [0.05, 0.1) is 26.9 Å². The number of halogens is 1. The minimum absolute atomic E-state index is 0. The zero-order valence-corrected chi connectivity index (χ0v) is 22.3. The van der Waals surface area contributed by atoms with Gasteiger partial charge in [-0.25, -0.2) is 0 Å². The van der Waals surface area contributed by atoms with Gasteiger partial charge in [-0.05, 0) is 31.0 Å². The third-order valence-corrected chi connectivity index (χ3v) is 5.70. The summed E-state index contributed by atoms with van der Waals surface area (Å²) in [6.45, 7) is 11.0. The molecule has 10 heteroatoms. The van der Waals surface area contributed by atoms with Gasteiger partial charge < -0.3 is 24.7 Å². The summed E-state index contributed by atoms with van der Waals surface area (Å²) in [7, 11) is 1.69. The maximum atomic E-state index is 5.47. The molecule has 2 aromatic rings. The van der Waals surface area contributed by atoms with Gasteiger partial charge in [-0.2, -0.15) is 0 Å². The molecule has 2 heterocycles. The molecule has 1 saturated heterocycles. The molecule has 1 aliphatic heterocycles. The van der Waals surface area contributed by atoms with Crippen LogP contribution < -0.4 is 15.4 Å². The standard InChI is InChI=1S/C23H37N7O2.HI/c1-4-22-28-27-18-30(22)12-11-25-23(26-17-19(2)29-13-15-32-16-14-29)24-10-9-20-5-7-21(31-3)8-6-20;/h5-8,18-19H,4,9-17H2,1-3H3,(H2,24,25,26);1H. The second-order valence-electron chi connectivity index (χ2n) is 7.93. The molecule has 0 amide bonds. The Morgan fingerprint density at radius 2 is 1.91 bits per heavy atom. The maximum Gasteiger partial charge on any atom is 0.191 e. The number of hydrogen-bond acceptors (Lipinski definition) is 6. The van der Waals surface area contributed by atoms with Crippen LogP contribution in [0.2, 0.25) is 0 Å². The van der Waals surface area contributed by atoms with E-state index < -0.39 is 0 Å². The molecule has 0 saturated carbocycles. The van der Waals surface area contributed by atoms with Crippen LogP contribution in [0.15, 0.2) is 35.6 Å². The van der Waals surface area contributed by atoms with E-state index in [1.54, 1.807) is 13.4 Å². The fraction of sp³-hybridized carbons (Fsp3) is 0.609. The van der Waals surface area contributed by atoms with Crippen molar-refractivity contribution in [1.82, 2.24) is 30.3 Å². The summed E-state index contributed by atoms with van der Waals surface area (Å²) >= 11 is 0. The van der Waals surface area contributed by atoms with E-state index in [-0.39, 0.29) is 24.0 Å². The number of aryl methyl sites for hydroxylation is 1. The predicted octanol–water partition coefficient (Wildman–Crippen LogP) is 1.97. The van der Waals surface area contributed by atoms with E-state index in [4.69, 9.17) is 14.5 Å². The van der Waals surface area contributed by atoms with Crippen molar-refractivity contribution in [1.29, 1.82) is 0 Å². The molecule has 2 N–H and O–H groups in total. The number of nitrogens with zero attached hydrogens (tertiary/aromatic N) is 5. The number of aliphatic imine (C=N–C) groups is 1. The number of ether oxygens (including phenoxy) is 2. The monoisotopic (exact) mass is 571 g/mol. The van der Waals surface area contributed by atoms with Crippen LogP contribution in [-0.4, -0.2) is 84.7 Å². The molecule has 1 aromatic heterocycles. The molecule has 0 spiro atoms. The highest BCUT2D eigenvalue weighted by Gasteiger charge is 2.16. The van der Waals surface area contributed by atoms with Gasteiger partial charge in [0, 0.05) is 45.2 Å². The molecule has 3 rings (SSSR count). The number of morpholine rings is 1. The first-order chi connectivity index (χ1) is 15.7. The second kappa shape index (κ2) is 15.1. The van der Waals surface area contributed by atoms with Crippen molar-refractivity contribution in [2.24, 2.45) is 4.99 Å². The predicted molar refractivity (Wildman–Crippen MR) is 142 cm³/mol. The van der Waals surface area contributed by atoms with Gasteiger partial charge in [0.1, 0.15) is 17.9 Å². The number of guanidine groups is 1. The number of hydrogen-bond donors (Lipinski definition) is 2. The summed E-state index contributed by atoms with van der Waals surface area (Å²) < 4.78 is 12.8. The van der Waals surface area contributed by atoms with Gasteiger partial charge in [0.2, 0.25) is 0 Å². The summed E-state index contributed by atoms with van der Waals surface area (Å²) in [6.07, 6.45) is 3.57. The van der Waals surface area contributed by atoms with Crippen LogP contribution in [0.5, 0.6) is 5.75 Å². The molecule has 33 heavy (non-hydrogen) atoms. The van der Waals surface area contributed by atoms with Crippen molar-refractivity contribution in [2.45, 2.75) is 39.3 Å². The molecule has 1 unspecified atom stereocenters. The van der Waals surface area contributed by atoms with Crippen LogP contribution in [0.4, 0.5) is 0 Å². The van der Waals surface area contributed by atoms with E-state index in [1.807, 2.05) is 12.1 Å². The number of benzene rings is 1. The topological polar surface area (TPSA) is 88.8 Å². The smallest absolute Gasteiger partial charge is 0.191 e. The van der Waals surface area contributed by atoms with Crippen LogP contribution in [0.1, 0.15) is 25.2 Å². The van der Waals surface area contributed by atoms with E-state index in [1.165, 1.54) is 5.56 Å². The van der Waals surface area contributed by atoms with E-state index in [9.17, 15) is 0 Å². The zero-order valence-electron chi connectivity index (χ0n) is 20.0. The van der Waals surface area contributed by atoms with Crippen LogP contribution in [0.3, 0.4) is 0 Å². The minimum atomic E-state index is 0. The van der Waals surface area contributed by atoms with E-state index in [0.717, 1.165) is 82.9 Å². The summed E-state index contributed by atoms with van der Waals surface area (Å²) in [4.78, 5) is 7.31. The van der Waals surface area contributed by atoms with Crippen LogP contribution >= 0.6 is 24.0 Å². The average molecular weight is 572 g/mol. The molecule has 184 valence electrons. The highest BCUT2D eigenvalue weighted by Crippen LogP contribution is 2.11. The Hall–Kier alpha value is -1.92. The molecule has 9 nitrogen and oxygen atoms in total. The molecule has 0 aliphatic carbocycles. The lowest BCUT2D eigenvalue weighted by Crippen LogP contribution is -2.45. The Bertz CT molecular complexity index is 822. The lowest BCUT2D eigenvalue weighted by atomic mass is 10.1. The third-order valence-electron chi connectivity index (χ3n) is 5.70. The summed E-state index contributed by atoms with van der Waals surface area (Å²) in [6, 6.07) is 8.57. The first-order valence-corrected chi connectivity index (χ1v) is 11.5. The quantitative estimate of drug-likeness (QED) is 0.242. The molecule has 1 atom stereocenters. The van der Waals surface area contributed by atoms with Crippen molar-refractivity contribution in [2.75, 3.05) is 53.0 Å². The first kappa shape index (κ1) is 27.3. The van der Waals surface area contributed by atoms with Gasteiger partial charge in [0.25, 0.3) is 0 Å². The lowest BCUT2D eigenvalue weighted by Gasteiger charge is -2.31. The zero-order chi connectivity index (χ0) is 22.6. The minimum Gasteiger partial charge on any atom is -0.497 e. The van der Waals surface area contributed by atoms with Crippen molar-refractivity contribution in [3.05, 3.63) is 42.0 Å². The second-order valence-corrected chi connectivity index (χ2v) is 7.93.